The van der Waals surface area contributed by atoms with Gasteiger partial charge in [0.25, 0.3) is 0 Å². The molecule has 3 nitrogen and oxygen atoms in total. The Labute approximate surface area is 164 Å². The highest BCUT2D eigenvalue weighted by Gasteiger charge is 2.42. The molecule has 1 N–H and O–H groups in total. The fourth-order valence-corrected chi connectivity index (χ4v) is 10.2. The Morgan fingerprint density at radius 3 is 2.37 bits per heavy atom. The summed E-state index contributed by atoms with van der Waals surface area (Å²) in [7, 11) is -5.65. The molecule has 2 saturated carbocycles. The second-order valence-corrected chi connectivity index (χ2v) is 14.9. The van der Waals surface area contributed by atoms with E-state index in [-0.39, 0.29) is 6.04 Å². The molecule has 2 fully saturated rings. The highest BCUT2D eigenvalue weighted by molar-refractivity contribution is 7.89. The van der Waals surface area contributed by atoms with Crippen molar-refractivity contribution < 1.29 is 8.42 Å². The van der Waals surface area contributed by atoms with Crippen molar-refractivity contribution in [2.75, 3.05) is 0 Å². The lowest BCUT2D eigenvalue weighted by Gasteiger charge is -2.28. The van der Waals surface area contributed by atoms with E-state index in [2.05, 4.69) is 36.0 Å². The van der Waals surface area contributed by atoms with E-state index in [1.807, 2.05) is 37.3 Å². The van der Waals surface area contributed by atoms with E-state index in [1.165, 1.54) is 24.4 Å². The zero-order valence-corrected chi connectivity index (χ0v) is 18.2. The van der Waals surface area contributed by atoms with Crippen molar-refractivity contribution in [3.63, 3.8) is 0 Å². The third-order valence-corrected chi connectivity index (χ3v) is 11.9. The molecule has 0 unspecified atom stereocenters. The predicted octanol–water partition coefficient (Wildman–Crippen LogP) is 3.28. The molecule has 27 heavy (non-hydrogen) atoms. The molecule has 2 aromatic carbocycles. The lowest BCUT2D eigenvalue weighted by atomic mass is 9.96. The van der Waals surface area contributed by atoms with Crippen LogP contribution in [0.3, 0.4) is 0 Å². The van der Waals surface area contributed by atoms with E-state index < -0.39 is 18.1 Å². The summed E-state index contributed by atoms with van der Waals surface area (Å²) in [6, 6.07) is 16.3. The first-order valence-corrected chi connectivity index (χ1v) is 14.4. The molecule has 4 rings (SSSR count). The van der Waals surface area contributed by atoms with Gasteiger partial charge in [0.05, 0.1) is 4.90 Å². The van der Waals surface area contributed by atoms with Crippen LogP contribution in [0.4, 0.5) is 0 Å². The van der Waals surface area contributed by atoms with Crippen molar-refractivity contribution in [2.24, 2.45) is 11.8 Å². The van der Waals surface area contributed by atoms with Gasteiger partial charge in [-0.05, 0) is 49.3 Å². The van der Waals surface area contributed by atoms with Crippen molar-refractivity contribution in [3.8, 4) is 0 Å². The molecule has 2 aliphatic rings. The van der Waals surface area contributed by atoms with Crippen LogP contribution in [0, 0.1) is 18.8 Å². The second kappa shape index (κ2) is 6.87. The molecular weight excluding hydrogens is 370 g/mol. The van der Waals surface area contributed by atoms with Gasteiger partial charge in [0.1, 0.15) is 8.07 Å². The molecule has 0 radical (unpaired) electrons. The maximum absolute atomic E-state index is 13.4. The third kappa shape index (κ3) is 3.53. The molecule has 2 bridgehead atoms. The summed E-state index contributed by atoms with van der Waals surface area (Å²) in [5.74, 6) is 1.24. The Kier molecular flexibility index (Phi) is 4.81. The number of fused-ring (bicyclic) bond motifs is 2. The Morgan fingerprint density at radius 1 is 1.00 bits per heavy atom. The van der Waals surface area contributed by atoms with E-state index >= 15 is 0 Å². The quantitative estimate of drug-likeness (QED) is 0.784. The molecule has 0 heterocycles. The summed E-state index contributed by atoms with van der Waals surface area (Å²) >= 11 is 0. The number of hydrogen-bond donors (Lipinski definition) is 1. The van der Waals surface area contributed by atoms with E-state index in [4.69, 9.17) is 0 Å². The molecular formula is C22H29NO2SSi. The van der Waals surface area contributed by atoms with Gasteiger partial charge in [0.15, 0.2) is 0 Å². The topological polar surface area (TPSA) is 46.2 Å². The number of sulfonamides is 1. The summed E-state index contributed by atoms with van der Waals surface area (Å²) in [5, 5.41) is 2.26. The van der Waals surface area contributed by atoms with Gasteiger partial charge in [-0.15, -0.1) is 0 Å². The standard InChI is InChI=1S/C22H29NO2SSi/c1-16-9-12-21(22(13-16)27(2,3)19-7-5-4-6-8-19)26(24,25)23-20-15-17-10-11-18(20)14-17/h4-9,12-13,17-18,20,23H,10-11,14-15H2,1-3H3/t17-,18+,20-/m0/s1. The largest absolute Gasteiger partial charge is 0.240 e. The zero-order valence-electron chi connectivity index (χ0n) is 16.4. The number of hydrogen-bond acceptors (Lipinski definition) is 2. The molecule has 0 amide bonds. The van der Waals surface area contributed by atoms with Gasteiger partial charge in [-0.2, -0.15) is 0 Å². The van der Waals surface area contributed by atoms with E-state index in [9.17, 15) is 8.42 Å². The first-order valence-electron chi connectivity index (χ1n) is 9.96. The highest BCUT2D eigenvalue weighted by atomic mass is 32.2. The molecule has 2 aliphatic carbocycles. The minimum Gasteiger partial charge on any atom is -0.208 e. The van der Waals surface area contributed by atoms with Gasteiger partial charge in [0.2, 0.25) is 10.0 Å². The van der Waals surface area contributed by atoms with Gasteiger partial charge in [-0.3, -0.25) is 0 Å². The predicted molar refractivity (Wildman–Crippen MR) is 114 cm³/mol. The minimum atomic E-state index is -3.52. The second-order valence-electron chi connectivity index (χ2n) is 8.89. The lowest BCUT2D eigenvalue weighted by Crippen LogP contribution is -2.55. The fourth-order valence-electron chi connectivity index (χ4n) is 5.03. The summed E-state index contributed by atoms with van der Waals surface area (Å²) in [6.07, 6.45) is 4.64. The van der Waals surface area contributed by atoms with Crippen molar-refractivity contribution >= 4 is 28.5 Å². The van der Waals surface area contributed by atoms with Crippen LogP contribution in [0.5, 0.6) is 0 Å². The van der Waals surface area contributed by atoms with Crippen LogP contribution in [0.25, 0.3) is 0 Å². The van der Waals surface area contributed by atoms with Crippen LogP contribution in [0.1, 0.15) is 31.2 Å². The molecule has 0 spiro atoms. The number of rotatable bonds is 5. The van der Waals surface area contributed by atoms with E-state index in [0.29, 0.717) is 10.8 Å². The first kappa shape index (κ1) is 18.9. The smallest absolute Gasteiger partial charge is 0.208 e. The van der Waals surface area contributed by atoms with Crippen molar-refractivity contribution in [1.29, 1.82) is 0 Å². The average molecular weight is 400 g/mol. The maximum atomic E-state index is 13.4. The Morgan fingerprint density at radius 2 is 1.74 bits per heavy atom. The maximum Gasteiger partial charge on any atom is 0.240 e. The molecule has 0 aliphatic heterocycles. The third-order valence-electron chi connectivity index (χ3n) is 6.64. The van der Waals surface area contributed by atoms with Crippen LogP contribution in [-0.4, -0.2) is 22.5 Å². The van der Waals surface area contributed by atoms with E-state index in [0.717, 1.165) is 23.1 Å². The lowest BCUT2D eigenvalue weighted by molar-refractivity contribution is 0.390. The van der Waals surface area contributed by atoms with E-state index in [1.54, 1.807) is 0 Å². The van der Waals surface area contributed by atoms with Gasteiger partial charge in [-0.25, -0.2) is 13.1 Å². The van der Waals surface area contributed by atoms with Crippen LogP contribution >= 0.6 is 0 Å². The summed E-state index contributed by atoms with van der Waals surface area (Å²) < 4.78 is 29.9. The van der Waals surface area contributed by atoms with Crippen molar-refractivity contribution in [1.82, 2.24) is 4.72 Å². The first-order chi connectivity index (χ1) is 12.8. The SMILES string of the molecule is Cc1ccc(S(=O)(=O)N[C@H]2C[C@H]3CC[C@@H]2C3)c([Si](C)(C)c2ccccc2)c1. The highest BCUT2D eigenvalue weighted by Crippen LogP contribution is 2.44. The van der Waals surface area contributed by atoms with Gasteiger partial charge < -0.3 is 0 Å². The van der Waals surface area contributed by atoms with Crippen LogP contribution in [-0.2, 0) is 10.0 Å². The summed E-state index contributed by atoms with van der Waals surface area (Å²) in [6.45, 7) is 6.53. The molecule has 2 aromatic rings. The summed E-state index contributed by atoms with van der Waals surface area (Å²) in [5.41, 5.74) is 1.11. The Hall–Kier alpha value is -1.43. The molecule has 5 heteroatoms. The van der Waals surface area contributed by atoms with Crippen LogP contribution < -0.4 is 15.1 Å². The molecule has 3 atom stereocenters. The Bertz CT molecular complexity index is 940. The van der Waals surface area contributed by atoms with Crippen LogP contribution in [0.15, 0.2) is 53.4 Å². The molecule has 144 valence electrons. The average Bonchev–Trinajstić information content (AvgIpc) is 3.24. The summed E-state index contributed by atoms with van der Waals surface area (Å²) in [4.78, 5) is 0.483. The monoisotopic (exact) mass is 399 g/mol. The van der Waals surface area contributed by atoms with Gasteiger partial charge >= 0.3 is 0 Å². The molecule has 0 aromatic heterocycles. The van der Waals surface area contributed by atoms with Crippen LogP contribution in [0.2, 0.25) is 13.1 Å². The van der Waals surface area contributed by atoms with Gasteiger partial charge in [-0.1, -0.05) is 72.7 Å². The number of aryl methyl sites for hydroxylation is 1. The van der Waals surface area contributed by atoms with Crippen molar-refractivity contribution in [2.45, 2.75) is 56.6 Å². The number of nitrogens with one attached hydrogen (secondary N) is 1. The van der Waals surface area contributed by atoms with Gasteiger partial charge in [0, 0.05) is 6.04 Å². The normalized spacial score (nSPS) is 25.1. The zero-order chi connectivity index (χ0) is 19.2. The fraction of sp³-hybridized carbons (Fsp3) is 0.455. The Balaban J connectivity index is 1.73. The van der Waals surface area contributed by atoms with Crippen molar-refractivity contribution in [3.05, 3.63) is 54.1 Å². The number of benzene rings is 2. The molecule has 0 saturated heterocycles. The minimum absolute atomic E-state index is 0.115.